The second kappa shape index (κ2) is 9.27. The van der Waals surface area contributed by atoms with Gasteiger partial charge in [-0.25, -0.2) is 4.98 Å². The van der Waals surface area contributed by atoms with Crippen molar-refractivity contribution in [1.29, 1.82) is 0 Å². The number of carbonyl (C=O) groups excluding carboxylic acids is 1. The molecule has 0 spiro atoms. The molecule has 1 N–H and O–H groups in total. The Morgan fingerprint density at radius 2 is 2.24 bits per heavy atom. The standard InChI is InChI=1S/C18H26N6O/c25-18(6-3-10-24-15-20-14-21-24)22-17-5-2-9-23(11-7-17)13-16-4-1-8-19-12-16/h1,4,8,12,14-15,17H,2-3,5-7,9-11,13H2,(H,22,25). The highest BCUT2D eigenvalue weighted by Crippen LogP contribution is 2.14. The van der Waals surface area contributed by atoms with E-state index in [1.807, 2.05) is 12.3 Å². The van der Waals surface area contributed by atoms with Crippen LogP contribution in [0.15, 0.2) is 37.2 Å². The first-order valence-electron chi connectivity index (χ1n) is 9.02. The van der Waals surface area contributed by atoms with Gasteiger partial charge in [0.05, 0.1) is 0 Å². The SMILES string of the molecule is O=C(CCCn1cncn1)NC1CCCN(Cc2cccnc2)CC1. The molecular weight excluding hydrogens is 316 g/mol. The maximum absolute atomic E-state index is 12.1. The summed E-state index contributed by atoms with van der Waals surface area (Å²) in [5, 5.41) is 7.25. The molecule has 2 aromatic rings. The Balaban J connectivity index is 1.36. The lowest BCUT2D eigenvalue weighted by molar-refractivity contribution is -0.122. The molecule has 1 atom stereocenters. The molecule has 0 aliphatic carbocycles. The topological polar surface area (TPSA) is 75.9 Å². The van der Waals surface area contributed by atoms with Gasteiger partial charge in [-0.2, -0.15) is 5.10 Å². The Hall–Kier alpha value is -2.28. The van der Waals surface area contributed by atoms with E-state index < -0.39 is 0 Å². The molecule has 7 heteroatoms. The van der Waals surface area contributed by atoms with Crippen LogP contribution >= 0.6 is 0 Å². The molecule has 0 radical (unpaired) electrons. The van der Waals surface area contributed by atoms with Gasteiger partial charge in [0.15, 0.2) is 0 Å². The molecule has 2 aromatic heterocycles. The molecule has 3 rings (SSSR count). The number of nitrogens with one attached hydrogen (secondary N) is 1. The molecule has 25 heavy (non-hydrogen) atoms. The summed E-state index contributed by atoms with van der Waals surface area (Å²) in [6.45, 7) is 3.76. The van der Waals surface area contributed by atoms with E-state index in [1.165, 1.54) is 11.9 Å². The van der Waals surface area contributed by atoms with E-state index in [9.17, 15) is 4.79 Å². The van der Waals surface area contributed by atoms with Crippen molar-refractivity contribution in [3.63, 3.8) is 0 Å². The first-order valence-corrected chi connectivity index (χ1v) is 9.02. The van der Waals surface area contributed by atoms with Crippen molar-refractivity contribution in [3.8, 4) is 0 Å². The molecule has 1 saturated heterocycles. The molecule has 1 fully saturated rings. The zero-order valence-electron chi connectivity index (χ0n) is 14.5. The van der Waals surface area contributed by atoms with Crippen molar-refractivity contribution in [2.24, 2.45) is 0 Å². The Bertz CT molecular complexity index is 630. The van der Waals surface area contributed by atoms with Crippen LogP contribution in [0.4, 0.5) is 0 Å². The number of hydrogen-bond acceptors (Lipinski definition) is 5. The Labute approximate surface area is 148 Å². The van der Waals surface area contributed by atoms with Gasteiger partial charge in [0.25, 0.3) is 0 Å². The van der Waals surface area contributed by atoms with Crippen molar-refractivity contribution in [2.45, 2.75) is 51.2 Å². The van der Waals surface area contributed by atoms with Crippen LogP contribution in [0.1, 0.15) is 37.7 Å². The number of rotatable bonds is 7. The molecule has 7 nitrogen and oxygen atoms in total. The second-order valence-corrected chi connectivity index (χ2v) is 6.59. The number of amides is 1. The summed E-state index contributed by atoms with van der Waals surface area (Å²) < 4.78 is 1.76. The molecule has 0 saturated carbocycles. The van der Waals surface area contributed by atoms with Crippen LogP contribution in [0.3, 0.4) is 0 Å². The van der Waals surface area contributed by atoms with Crippen LogP contribution < -0.4 is 5.32 Å². The smallest absolute Gasteiger partial charge is 0.220 e. The van der Waals surface area contributed by atoms with Gasteiger partial charge in [0.1, 0.15) is 12.7 Å². The highest BCUT2D eigenvalue weighted by molar-refractivity contribution is 5.76. The van der Waals surface area contributed by atoms with Gasteiger partial charge in [0.2, 0.25) is 5.91 Å². The lowest BCUT2D eigenvalue weighted by Crippen LogP contribution is -2.35. The van der Waals surface area contributed by atoms with E-state index in [-0.39, 0.29) is 11.9 Å². The van der Waals surface area contributed by atoms with E-state index in [0.717, 1.165) is 51.9 Å². The van der Waals surface area contributed by atoms with Crippen LogP contribution in [0.2, 0.25) is 0 Å². The zero-order chi connectivity index (χ0) is 17.3. The van der Waals surface area contributed by atoms with Gasteiger partial charge < -0.3 is 5.32 Å². The Morgan fingerprint density at radius 3 is 3.04 bits per heavy atom. The number of pyridine rings is 1. The van der Waals surface area contributed by atoms with Crippen molar-refractivity contribution < 1.29 is 4.79 Å². The van der Waals surface area contributed by atoms with E-state index >= 15 is 0 Å². The number of carbonyl (C=O) groups is 1. The van der Waals surface area contributed by atoms with Gasteiger partial charge >= 0.3 is 0 Å². The Morgan fingerprint density at radius 1 is 1.28 bits per heavy atom. The average molecular weight is 342 g/mol. The molecular formula is C18H26N6O. The lowest BCUT2D eigenvalue weighted by Gasteiger charge is -2.20. The fourth-order valence-corrected chi connectivity index (χ4v) is 3.26. The number of likely N-dealkylation sites (tertiary alicyclic amines) is 1. The second-order valence-electron chi connectivity index (χ2n) is 6.59. The molecule has 1 aliphatic rings. The summed E-state index contributed by atoms with van der Waals surface area (Å²) in [4.78, 5) is 22.7. The molecule has 3 heterocycles. The molecule has 1 amide bonds. The minimum Gasteiger partial charge on any atom is -0.353 e. The monoisotopic (exact) mass is 342 g/mol. The molecule has 0 bridgehead atoms. The lowest BCUT2D eigenvalue weighted by atomic mass is 10.1. The van der Waals surface area contributed by atoms with Gasteiger partial charge in [-0.1, -0.05) is 6.07 Å². The van der Waals surface area contributed by atoms with Crippen LogP contribution in [-0.4, -0.2) is 49.7 Å². The normalized spacial score (nSPS) is 18.6. The minimum atomic E-state index is 0.144. The summed E-state index contributed by atoms with van der Waals surface area (Å²) in [6.07, 6.45) is 11.4. The summed E-state index contributed by atoms with van der Waals surface area (Å²) >= 11 is 0. The highest BCUT2D eigenvalue weighted by atomic mass is 16.1. The maximum atomic E-state index is 12.1. The molecule has 1 unspecified atom stereocenters. The van der Waals surface area contributed by atoms with E-state index in [1.54, 1.807) is 17.2 Å². The molecule has 1 aliphatic heterocycles. The highest BCUT2D eigenvalue weighted by Gasteiger charge is 2.18. The van der Waals surface area contributed by atoms with Crippen LogP contribution in [0, 0.1) is 0 Å². The average Bonchev–Trinajstić information content (AvgIpc) is 3.04. The maximum Gasteiger partial charge on any atom is 0.220 e. The fraction of sp³-hybridized carbons (Fsp3) is 0.556. The van der Waals surface area contributed by atoms with E-state index in [2.05, 4.69) is 31.3 Å². The van der Waals surface area contributed by atoms with Crippen LogP contribution in [-0.2, 0) is 17.9 Å². The third-order valence-corrected chi connectivity index (χ3v) is 4.57. The zero-order valence-corrected chi connectivity index (χ0v) is 14.5. The number of aryl methyl sites for hydroxylation is 1. The van der Waals surface area contributed by atoms with Gasteiger partial charge in [-0.3, -0.25) is 19.4 Å². The predicted octanol–water partition coefficient (Wildman–Crippen LogP) is 1.62. The summed E-state index contributed by atoms with van der Waals surface area (Å²) in [5.41, 5.74) is 1.25. The first-order chi connectivity index (χ1) is 12.3. The van der Waals surface area contributed by atoms with Gasteiger partial charge in [0, 0.05) is 44.5 Å². The van der Waals surface area contributed by atoms with Crippen molar-refractivity contribution in [3.05, 3.63) is 42.7 Å². The fourth-order valence-electron chi connectivity index (χ4n) is 3.26. The first kappa shape index (κ1) is 17.5. The van der Waals surface area contributed by atoms with Crippen LogP contribution in [0.25, 0.3) is 0 Å². The van der Waals surface area contributed by atoms with Crippen molar-refractivity contribution in [2.75, 3.05) is 13.1 Å². The quantitative estimate of drug-likeness (QED) is 0.827. The Kier molecular flexibility index (Phi) is 6.50. The van der Waals surface area contributed by atoms with Crippen LogP contribution in [0.5, 0.6) is 0 Å². The number of aromatic nitrogens is 4. The predicted molar refractivity (Wildman–Crippen MR) is 94.6 cm³/mol. The molecule has 0 aromatic carbocycles. The minimum absolute atomic E-state index is 0.144. The van der Waals surface area contributed by atoms with Crippen molar-refractivity contribution in [1.82, 2.24) is 30.0 Å². The van der Waals surface area contributed by atoms with Gasteiger partial charge in [-0.05, 0) is 43.9 Å². The number of hydrogen-bond donors (Lipinski definition) is 1. The van der Waals surface area contributed by atoms with Crippen molar-refractivity contribution >= 4 is 5.91 Å². The van der Waals surface area contributed by atoms with Gasteiger partial charge in [-0.15, -0.1) is 0 Å². The summed E-state index contributed by atoms with van der Waals surface area (Å²) in [6, 6.07) is 4.39. The third kappa shape index (κ3) is 5.94. The summed E-state index contributed by atoms with van der Waals surface area (Å²) in [7, 11) is 0. The van der Waals surface area contributed by atoms with E-state index in [0.29, 0.717) is 6.42 Å². The molecule has 134 valence electrons. The largest absolute Gasteiger partial charge is 0.353 e. The number of nitrogens with zero attached hydrogens (tertiary/aromatic N) is 5. The van der Waals surface area contributed by atoms with E-state index in [4.69, 9.17) is 0 Å². The third-order valence-electron chi connectivity index (χ3n) is 4.57. The summed E-state index contributed by atoms with van der Waals surface area (Å²) in [5.74, 6) is 0.144.